The third-order valence-electron chi connectivity index (χ3n) is 4.29. The van der Waals surface area contributed by atoms with Crippen LogP contribution in [0.1, 0.15) is 11.6 Å². The standard InChI is InChI=1S/C16H21N5O5.CH2O2/c1-24-12-4-3-11(7-13(12)25-2)16-14(9-22)26-6-5-21(16)15(23)8-20-10-17-18-19-20;2-1-3/h3-4,7,10,14,16,22H,5-6,8-9H2,1-2H3;1H,(H,2,3)/t14-,16-;/m0./s1. The first-order chi connectivity index (χ1) is 14.1. The second kappa shape index (κ2) is 10.9. The van der Waals surface area contributed by atoms with E-state index in [4.69, 9.17) is 24.1 Å². The van der Waals surface area contributed by atoms with Crippen LogP contribution in [0.15, 0.2) is 24.5 Å². The van der Waals surface area contributed by atoms with Gasteiger partial charge in [-0.3, -0.25) is 9.59 Å². The Bertz CT molecular complexity index is 786. The molecule has 12 heteroatoms. The molecule has 1 fully saturated rings. The highest BCUT2D eigenvalue weighted by atomic mass is 16.5. The van der Waals surface area contributed by atoms with Gasteiger partial charge in [-0.25, -0.2) is 4.68 Å². The number of morpholine rings is 1. The van der Waals surface area contributed by atoms with Crippen molar-refractivity contribution in [2.45, 2.75) is 18.7 Å². The Kier molecular flexibility index (Phi) is 8.30. The number of ether oxygens (including phenoxy) is 3. The lowest BCUT2D eigenvalue weighted by Crippen LogP contribution is -2.50. The van der Waals surface area contributed by atoms with Crippen LogP contribution >= 0.6 is 0 Å². The maximum Gasteiger partial charge on any atom is 0.290 e. The van der Waals surface area contributed by atoms with Crippen molar-refractivity contribution in [1.29, 1.82) is 0 Å². The first kappa shape index (κ1) is 22.0. The van der Waals surface area contributed by atoms with Crippen molar-refractivity contribution in [3.8, 4) is 11.5 Å². The Hall–Kier alpha value is -3.25. The second-order valence-corrected chi connectivity index (χ2v) is 5.85. The fourth-order valence-corrected chi connectivity index (χ4v) is 3.08. The summed E-state index contributed by atoms with van der Waals surface area (Å²) in [4.78, 5) is 22.8. The second-order valence-electron chi connectivity index (χ2n) is 5.85. The molecule has 12 nitrogen and oxygen atoms in total. The molecule has 158 valence electrons. The first-order valence-electron chi connectivity index (χ1n) is 8.62. The SMILES string of the molecule is COc1ccc([C@H]2[C@H](CO)OCCN2C(=O)Cn2cnnn2)cc1OC.O=CO. The number of nitrogens with zero attached hydrogens (tertiary/aromatic N) is 5. The van der Waals surface area contributed by atoms with E-state index in [2.05, 4.69) is 15.5 Å². The summed E-state index contributed by atoms with van der Waals surface area (Å²) >= 11 is 0. The van der Waals surface area contributed by atoms with E-state index in [0.29, 0.717) is 24.7 Å². The number of hydrogen-bond donors (Lipinski definition) is 2. The van der Waals surface area contributed by atoms with Crippen LogP contribution in [0.3, 0.4) is 0 Å². The molecule has 0 saturated carbocycles. The Balaban J connectivity index is 0.000000941. The minimum atomic E-state index is -0.542. The van der Waals surface area contributed by atoms with Gasteiger partial charge < -0.3 is 29.3 Å². The van der Waals surface area contributed by atoms with Crippen LogP contribution < -0.4 is 9.47 Å². The minimum Gasteiger partial charge on any atom is -0.493 e. The number of carboxylic acid groups (broad SMARTS) is 1. The average Bonchev–Trinajstić information content (AvgIpc) is 3.26. The van der Waals surface area contributed by atoms with Crippen LogP contribution in [0.5, 0.6) is 11.5 Å². The maximum atomic E-state index is 12.8. The molecule has 3 rings (SSSR count). The third kappa shape index (κ3) is 5.39. The minimum absolute atomic E-state index is 0.00887. The fourth-order valence-electron chi connectivity index (χ4n) is 3.08. The number of hydrogen-bond acceptors (Lipinski definition) is 9. The molecule has 2 heterocycles. The van der Waals surface area contributed by atoms with Crippen LogP contribution in [-0.4, -0.2) is 87.8 Å². The molecule has 1 aromatic carbocycles. The van der Waals surface area contributed by atoms with Gasteiger partial charge in [0.05, 0.1) is 33.5 Å². The summed E-state index contributed by atoms with van der Waals surface area (Å²) < 4.78 is 17.7. The van der Waals surface area contributed by atoms with E-state index < -0.39 is 12.1 Å². The Labute approximate surface area is 166 Å². The van der Waals surface area contributed by atoms with E-state index in [1.54, 1.807) is 31.3 Å². The lowest BCUT2D eigenvalue weighted by Gasteiger charge is -2.41. The van der Waals surface area contributed by atoms with E-state index in [0.717, 1.165) is 5.56 Å². The number of methoxy groups -OCH3 is 2. The quantitative estimate of drug-likeness (QED) is 0.589. The molecule has 1 aliphatic rings. The molecule has 0 bridgehead atoms. The highest BCUT2D eigenvalue weighted by Gasteiger charge is 2.36. The van der Waals surface area contributed by atoms with Gasteiger partial charge in [-0.15, -0.1) is 5.10 Å². The molecule has 1 aliphatic heterocycles. The number of carbonyl (C=O) groups is 2. The Morgan fingerprint density at radius 3 is 2.66 bits per heavy atom. The van der Waals surface area contributed by atoms with E-state index in [1.165, 1.54) is 11.0 Å². The van der Waals surface area contributed by atoms with Crippen molar-refractivity contribution < 1.29 is 34.0 Å². The summed E-state index contributed by atoms with van der Waals surface area (Å²) in [5.74, 6) is 0.957. The number of tetrazole rings is 1. The van der Waals surface area contributed by atoms with Gasteiger partial charge in [0.15, 0.2) is 11.5 Å². The van der Waals surface area contributed by atoms with Gasteiger partial charge in [-0.2, -0.15) is 0 Å². The van der Waals surface area contributed by atoms with Crippen LogP contribution in [-0.2, 0) is 20.9 Å². The van der Waals surface area contributed by atoms with Gasteiger partial charge in [0.25, 0.3) is 6.47 Å². The fraction of sp³-hybridized carbons (Fsp3) is 0.471. The van der Waals surface area contributed by atoms with Gasteiger partial charge in [0.2, 0.25) is 5.91 Å². The number of aromatic nitrogens is 4. The zero-order valence-electron chi connectivity index (χ0n) is 16.0. The van der Waals surface area contributed by atoms with Crippen molar-refractivity contribution in [3.05, 3.63) is 30.1 Å². The smallest absolute Gasteiger partial charge is 0.290 e. The summed E-state index contributed by atoms with van der Waals surface area (Å²) in [7, 11) is 3.10. The lowest BCUT2D eigenvalue weighted by atomic mass is 9.97. The van der Waals surface area contributed by atoms with E-state index >= 15 is 0 Å². The molecule has 0 spiro atoms. The van der Waals surface area contributed by atoms with E-state index in [9.17, 15) is 9.90 Å². The number of aliphatic hydroxyl groups excluding tert-OH is 1. The van der Waals surface area contributed by atoms with Crippen molar-refractivity contribution in [3.63, 3.8) is 0 Å². The van der Waals surface area contributed by atoms with Crippen molar-refractivity contribution in [1.82, 2.24) is 25.1 Å². The first-order valence-corrected chi connectivity index (χ1v) is 8.62. The Morgan fingerprint density at radius 2 is 2.07 bits per heavy atom. The molecular formula is C17H23N5O7. The monoisotopic (exact) mass is 409 g/mol. The molecule has 0 radical (unpaired) electrons. The maximum absolute atomic E-state index is 12.8. The summed E-state index contributed by atoms with van der Waals surface area (Å²) in [6.07, 6.45) is 0.840. The molecular weight excluding hydrogens is 386 g/mol. The number of amides is 1. The van der Waals surface area contributed by atoms with Gasteiger partial charge >= 0.3 is 0 Å². The molecule has 2 aromatic rings. The predicted octanol–water partition coefficient (Wildman–Crippen LogP) is -0.648. The highest BCUT2D eigenvalue weighted by Crippen LogP contribution is 2.35. The molecule has 0 aliphatic carbocycles. The molecule has 1 amide bonds. The summed E-state index contributed by atoms with van der Waals surface area (Å²) in [5.41, 5.74) is 0.784. The zero-order valence-corrected chi connectivity index (χ0v) is 16.0. The predicted molar refractivity (Wildman–Crippen MR) is 97.3 cm³/mol. The van der Waals surface area contributed by atoms with Crippen LogP contribution in [0, 0.1) is 0 Å². The number of aliphatic hydroxyl groups is 1. The van der Waals surface area contributed by atoms with Crippen LogP contribution in [0.25, 0.3) is 0 Å². The highest BCUT2D eigenvalue weighted by molar-refractivity contribution is 5.76. The van der Waals surface area contributed by atoms with Gasteiger partial charge in [-0.05, 0) is 28.1 Å². The van der Waals surface area contributed by atoms with Crippen LogP contribution in [0.2, 0.25) is 0 Å². The molecule has 1 saturated heterocycles. The van der Waals surface area contributed by atoms with Crippen molar-refractivity contribution in [2.24, 2.45) is 0 Å². The number of rotatable bonds is 6. The molecule has 2 N–H and O–H groups in total. The normalized spacial score (nSPS) is 18.4. The van der Waals surface area contributed by atoms with E-state index in [1.807, 2.05) is 6.07 Å². The summed E-state index contributed by atoms with van der Waals surface area (Å²) in [6.45, 7) is 0.287. The van der Waals surface area contributed by atoms with Crippen molar-refractivity contribution in [2.75, 3.05) is 34.0 Å². The van der Waals surface area contributed by atoms with E-state index in [-0.39, 0.29) is 25.5 Å². The molecule has 29 heavy (non-hydrogen) atoms. The molecule has 2 atom stereocenters. The average molecular weight is 409 g/mol. The Morgan fingerprint density at radius 1 is 1.34 bits per heavy atom. The largest absolute Gasteiger partial charge is 0.493 e. The van der Waals surface area contributed by atoms with Crippen molar-refractivity contribution >= 4 is 12.4 Å². The number of benzene rings is 1. The molecule has 1 aromatic heterocycles. The lowest BCUT2D eigenvalue weighted by molar-refractivity contribution is -0.150. The molecule has 0 unspecified atom stereocenters. The zero-order chi connectivity index (χ0) is 21.2. The summed E-state index contributed by atoms with van der Waals surface area (Å²) in [6, 6.07) is 4.93. The number of carbonyl (C=O) groups excluding carboxylic acids is 1. The summed E-state index contributed by atoms with van der Waals surface area (Å²) in [5, 5.41) is 27.4. The van der Waals surface area contributed by atoms with Gasteiger partial charge in [-0.1, -0.05) is 6.07 Å². The van der Waals surface area contributed by atoms with Gasteiger partial charge in [0.1, 0.15) is 19.0 Å². The third-order valence-corrected chi connectivity index (χ3v) is 4.29. The topological polar surface area (TPSA) is 149 Å². The van der Waals surface area contributed by atoms with Crippen LogP contribution in [0.4, 0.5) is 0 Å². The van der Waals surface area contributed by atoms with Gasteiger partial charge in [0, 0.05) is 6.54 Å².